The first-order chi connectivity index (χ1) is 12.3. The number of carbonyl (C=O) groups is 1. The number of fused-ring (bicyclic) bond motifs is 1. The van der Waals surface area contributed by atoms with E-state index in [0.717, 1.165) is 0 Å². The molecule has 0 saturated heterocycles. The van der Waals surface area contributed by atoms with E-state index in [1.807, 2.05) is 0 Å². The molecule has 1 aliphatic rings. The van der Waals surface area contributed by atoms with E-state index < -0.39 is 36.6 Å². The minimum atomic E-state index is -3.93. The van der Waals surface area contributed by atoms with Gasteiger partial charge in [-0.05, 0) is 35.9 Å². The van der Waals surface area contributed by atoms with Gasteiger partial charge in [0, 0.05) is 12.1 Å². The first kappa shape index (κ1) is 18.6. The maximum atomic E-state index is 12.9. The van der Waals surface area contributed by atoms with Gasteiger partial charge in [-0.25, -0.2) is 16.8 Å². The van der Waals surface area contributed by atoms with Gasteiger partial charge < -0.3 is 10.4 Å². The van der Waals surface area contributed by atoms with Gasteiger partial charge >= 0.3 is 0 Å². The molecule has 0 aromatic heterocycles. The number of rotatable bonds is 5. The maximum absolute atomic E-state index is 12.9. The third kappa shape index (κ3) is 3.25. The van der Waals surface area contributed by atoms with Gasteiger partial charge in [-0.1, -0.05) is 18.2 Å². The SMILES string of the molecule is O=C(NCCO)c1ccc2c(c1)C(S(=O)(=O)c1ccccc1)CS2(=O)=O. The van der Waals surface area contributed by atoms with Crippen molar-refractivity contribution in [1.29, 1.82) is 0 Å². The fourth-order valence-electron chi connectivity index (χ4n) is 2.91. The van der Waals surface area contributed by atoms with Crippen molar-refractivity contribution in [3.8, 4) is 0 Å². The van der Waals surface area contributed by atoms with Crippen LogP contribution in [0.25, 0.3) is 0 Å². The number of sulfone groups is 2. The zero-order chi connectivity index (χ0) is 18.9. The molecule has 0 saturated carbocycles. The van der Waals surface area contributed by atoms with Crippen LogP contribution in [0, 0.1) is 0 Å². The first-order valence-electron chi connectivity index (χ1n) is 7.82. The highest BCUT2D eigenvalue weighted by atomic mass is 32.2. The number of nitrogens with one attached hydrogen (secondary N) is 1. The molecule has 2 aromatic rings. The molecule has 1 atom stereocenters. The predicted octanol–water partition coefficient (Wildman–Crippen LogP) is 0.711. The molecule has 1 aliphatic heterocycles. The molecule has 0 spiro atoms. The number of benzene rings is 2. The molecule has 0 aliphatic carbocycles. The Morgan fingerprint density at radius 3 is 2.50 bits per heavy atom. The average molecular weight is 395 g/mol. The van der Waals surface area contributed by atoms with Crippen molar-refractivity contribution >= 4 is 25.6 Å². The third-order valence-corrected chi connectivity index (χ3v) is 8.29. The second-order valence-corrected chi connectivity index (χ2v) is 9.99. The van der Waals surface area contributed by atoms with Crippen molar-refractivity contribution < 1.29 is 26.7 Å². The van der Waals surface area contributed by atoms with E-state index in [1.54, 1.807) is 18.2 Å². The second-order valence-electron chi connectivity index (χ2n) is 5.86. The van der Waals surface area contributed by atoms with Gasteiger partial charge in [-0.2, -0.15) is 0 Å². The zero-order valence-electron chi connectivity index (χ0n) is 13.6. The van der Waals surface area contributed by atoms with Gasteiger partial charge in [0.15, 0.2) is 19.7 Å². The first-order valence-corrected chi connectivity index (χ1v) is 11.0. The molecule has 26 heavy (non-hydrogen) atoms. The number of carbonyl (C=O) groups excluding carboxylic acids is 1. The largest absolute Gasteiger partial charge is 0.395 e. The quantitative estimate of drug-likeness (QED) is 0.770. The predicted molar refractivity (Wildman–Crippen MR) is 94.3 cm³/mol. The second kappa shape index (κ2) is 6.82. The van der Waals surface area contributed by atoms with Crippen molar-refractivity contribution in [2.24, 2.45) is 0 Å². The summed E-state index contributed by atoms with van der Waals surface area (Å²) in [5.41, 5.74) is 0.244. The summed E-state index contributed by atoms with van der Waals surface area (Å²) in [6.45, 7) is -0.198. The lowest BCUT2D eigenvalue weighted by atomic mass is 10.1. The fourth-order valence-corrected chi connectivity index (χ4v) is 7.22. The Hall–Kier alpha value is -2.23. The Morgan fingerprint density at radius 2 is 1.85 bits per heavy atom. The van der Waals surface area contributed by atoms with Crippen molar-refractivity contribution in [1.82, 2.24) is 5.32 Å². The van der Waals surface area contributed by atoms with Gasteiger partial charge in [0.25, 0.3) is 5.91 Å². The molecule has 1 heterocycles. The molecule has 0 bridgehead atoms. The lowest BCUT2D eigenvalue weighted by Crippen LogP contribution is -2.26. The van der Waals surface area contributed by atoms with Crippen LogP contribution in [0.1, 0.15) is 21.2 Å². The van der Waals surface area contributed by atoms with Crippen LogP contribution in [0.5, 0.6) is 0 Å². The van der Waals surface area contributed by atoms with E-state index in [9.17, 15) is 21.6 Å². The molecule has 2 N–H and O–H groups in total. The molecular weight excluding hydrogens is 378 g/mol. The highest BCUT2D eigenvalue weighted by molar-refractivity contribution is 7.96. The van der Waals surface area contributed by atoms with Gasteiger partial charge in [0.1, 0.15) is 5.25 Å². The standard InChI is InChI=1S/C17H17NO6S2/c19-9-8-18-17(20)12-6-7-15-14(10-12)16(11-25(15,21)22)26(23,24)13-4-2-1-3-5-13/h1-7,10,16,19H,8-9,11H2,(H,18,20). The van der Waals surface area contributed by atoms with E-state index in [2.05, 4.69) is 5.32 Å². The Labute approximate surface area is 151 Å². The molecule has 138 valence electrons. The lowest BCUT2D eigenvalue weighted by Gasteiger charge is -2.13. The van der Waals surface area contributed by atoms with Gasteiger partial charge in [-0.3, -0.25) is 4.79 Å². The summed E-state index contributed by atoms with van der Waals surface area (Å²) < 4.78 is 50.7. The maximum Gasteiger partial charge on any atom is 0.251 e. The van der Waals surface area contributed by atoms with Gasteiger partial charge in [-0.15, -0.1) is 0 Å². The topological polar surface area (TPSA) is 118 Å². The number of hydrogen-bond acceptors (Lipinski definition) is 6. The summed E-state index contributed by atoms with van der Waals surface area (Å²) in [4.78, 5) is 12.0. The minimum Gasteiger partial charge on any atom is -0.395 e. The minimum absolute atomic E-state index is 0.0307. The van der Waals surface area contributed by atoms with E-state index in [1.165, 1.54) is 30.3 Å². The zero-order valence-corrected chi connectivity index (χ0v) is 15.3. The summed E-state index contributed by atoms with van der Waals surface area (Å²) >= 11 is 0. The molecule has 9 heteroatoms. The van der Waals surface area contributed by atoms with Crippen molar-refractivity contribution in [3.05, 3.63) is 59.7 Å². The third-order valence-electron chi connectivity index (χ3n) is 4.17. The van der Waals surface area contributed by atoms with E-state index >= 15 is 0 Å². The number of amides is 1. The van der Waals surface area contributed by atoms with Crippen LogP contribution in [-0.4, -0.2) is 46.8 Å². The molecule has 1 unspecified atom stereocenters. The van der Waals surface area contributed by atoms with Crippen LogP contribution in [0.4, 0.5) is 0 Å². The summed E-state index contributed by atoms with van der Waals surface area (Å²) in [7, 11) is -7.69. The van der Waals surface area contributed by atoms with Crippen LogP contribution >= 0.6 is 0 Å². The van der Waals surface area contributed by atoms with Crippen LogP contribution in [0.2, 0.25) is 0 Å². The summed E-state index contributed by atoms with van der Waals surface area (Å²) in [6.07, 6.45) is 0. The smallest absolute Gasteiger partial charge is 0.251 e. The van der Waals surface area contributed by atoms with Crippen LogP contribution < -0.4 is 5.32 Å². The summed E-state index contributed by atoms with van der Waals surface area (Å²) in [5, 5.41) is 9.98. The number of aliphatic hydroxyl groups excluding tert-OH is 1. The van der Waals surface area contributed by atoms with Crippen molar-refractivity contribution in [2.75, 3.05) is 18.9 Å². The highest BCUT2D eigenvalue weighted by Gasteiger charge is 2.43. The Kier molecular flexibility index (Phi) is 4.87. The Balaban J connectivity index is 2.09. The van der Waals surface area contributed by atoms with Crippen LogP contribution in [-0.2, 0) is 19.7 Å². The Bertz CT molecular complexity index is 1050. The number of hydrogen-bond donors (Lipinski definition) is 2. The fraction of sp³-hybridized carbons (Fsp3) is 0.235. The average Bonchev–Trinajstić information content (AvgIpc) is 2.92. The molecule has 0 fully saturated rings. The lowest BCUT2D eigenvalue weighted by molar-refractivity contribution is 0.0944. The molecule has 1 amide bonds. The summed E-state index contributed by atoms with van der Waals surface area (Å²) in [6, 6.07) is 11.5. The van der Waals surface area contributed by atoms with Crippen LogP contribution in [0.15, 0.2) is 58.3 Å². The van der Waals surface area contributed by atoms with Gasteiger partial charge in [0.05, 0.1) is 22.2 Å². The van der Waals surface area contributed by atoms with Gasteiger partial charge in [0.2, 0.25) is 0 Å². The highest BCUT2D eigenvalue weighted by Crippen LogP contribution is 2.41. The molecular formula is C17H17NO6S2. The molecule has 3 rings (SSSR count). The Morgan fingerprint density at radius 1 is 1.15 bits per heavy atom. The summed E-state index contributed by atoms with van der Waals surface area (Å²) in [5.74, 6) is -1.07. The monoisotopic (exact) mass is 395 g/mol. The van der Waals surface area contributed by atoms with Crippen LogP contribution in [0.3, 0.4) is 0 Å². The normalized spacial score (nSPS) is 18.3. The van der Waals surface area contributed by atoms with Crippen molar-refractivity contribution in [2.45, 2.75) is 15.0 Å². The molecule has 2 aromatic carbocycles. The van der Waals surface area contributed by atoms with E-state index in [4.69, 9.17) is 5.11 Å². The molecule has 0 radical (unpaired) electrons. The van der Waals surface area contributed by atoms with E-state index in [-0.39, 0.29) is 34.1 Å². The molecule has 7 nitrogen and oxygen atoms in total. The van der Waals surface area contributed by atoms with Crippen molar-refractivity contribution in [3.63, 3.8) is 0 Å². The van der Waals surface area contributed by atoms with E-state index in [0.29, 0.717) is 0 Å². The number of aliphatic hydroxyl groups is 1.